The zero-order valence-electron chi connectivity index (χ0n) is 21.0. The molecule has 0 aliphatic heterocycles. The van der Waals surface area contributed by atoms with Crippen LogP contribution >= 0.6 is 0 Å². The number of rotatable bonds is 5. The van der Waals surface area contributed by atoms with Crippen LogP contribution in [0.5, 0.6) is 0 Å². The van der Waals surface area contributed by atoms with E-state index in [0.717, 1.165) is 19.3 Å². The maximum atomic E-state index is 13.2. The number of H-pyrrole nitrogens is 2. The van der Waals surface area contributed by atoms with Crippen LogP contribution in [0.1, 0.15) is 46.2 Å². The molecule has 0 saturated heterocycles. The van der Waals surface area contributed by atoms with Gasteiger partial charge in [-0.25, -0.2) is 23.7 Å². The van der Waals surface area contributed by atoms with E-state index < -0.39 is 18.6 Å². The summed E-state index contributed by atoms with van der Waals surface area (Å²) in [6, 6.07) is 5.23. The van der Waals surface area contributed by atoms with E-state index in [1.165, 1.54) is 4.57 Å². The molecule has 4 aromatic heterocycles. The van der Waals surface area contributed by atoms with Crippen LogP contribution in [0, 0.1) is 6.92 Å². The van der Waals surface area contributed by atoms with Crippen molar-refractivity contribution in [1.82, 2.24) is 29.1 Å². The van der Waals surface area contributed by atoms with Crippen molar-refractivity contribution in [3.63, 3.8) is 0 Å². The highest BCUT2D eigenvalue weighted by Crippen LogP contribution is 2.32. The minimum atomic E-state index is -2.53. The molecule has 4 heterocycles. The first-order chi connectivity index (χ1) is 17.2. The fraction of sp³-hybridized carbons (Fsp3) is 0.500. The lowest BCUT2D eigenvalue weighted by Gasteiger charge is -2.33. The third kappa shape index (κ3) is 4.40. The SMILES string of the molecule is [2H]c1cc(-c2ccc3nc(C)n(CC(F)F)c3n2)c2c(=NC)[nH]c(=NC3CCC(O)(CC)CC3)[nH]n12. The number of hydrogen-bond acceptors (Lipinski definition) is 5. The predicted octanol–water partition coefficient (Wildman–Crippen LogP) is 3.10. The van der Waals surface area contributed by atoms with Gasteiger partial charge in [-0.2, -0.15) is 0 Å². The normalized spacial score (nSPS) is 22.6. The molecule has 186 valence electrons. The zero-order valence-corrected chi connectivity index (χ0v) is 20.0. The fourth-order valence-corrected chi connectivity index (χ4v) is 4.85. The highest BCUT2D eigenvalue weighted by Gasteiger charge is 2.31. The number of nitrogens with zero attached hydrogens (tertiary/aromatic N) is 6. The summed E-state index contributed by atoms with van der Waals surface area (Å²) >= 11 is 0. The smallest absolute Gasteiger partial charge is 0.256 e. The van der Waals surface area contributed by atoms with Crippen molar-refractivity contribution in [2.24, 2.45) is 9.98 Å². The first-order valence-corrected chi connectivity index (χ1v) is 11.9. The molecule has 0 aromatic carbocycles. The average molecular weight is 486 g/mol. The Labute approximate surface area is 201 Å². The van der Waals surface area contributed by atoms with E-state index in [1.807, 2.05) is 6.92 Å². The van der Waals surface area contributed by atoms with E-state index in [4.69, 9.17) is 6.36 Å². The molecule has 1 saturated carbocycles. The van der Waals surface area contributed by atoms with Crippen molar-refractivity contribution >= 4 is 16.7 Å². The molecule has 1 aliphatic carbocycles. The summed E-state index contributed by atoms with van der Waals surface area (Å²) in [6.45, 7) is 3.19. The number of nitrogens with one attached hydrogen (secondary N) is 2. The summed E-state index contributed by atoms with van der Waals surface area (Å²) in [5.41, 5.74) is 3.07. The van der Waals surface area contributed by atoms with Crippen LogP contribution in [-0.2, 0) is 6.54 Å². The molecule has 0 atom stereocenters. The highest BCUT2D eigenvalue weighted by molar-refractivity contribution is 5.82. The lowest BCUT2D eigenvalue weighted by molar-refractivity contribution is -0.00368. The van der Waals surface area contributed by atoms with Gasteiger partial charge < -0.3 is 14.7 Å². The molecule has 3 N–H and O–H groups in total. The molecule has 35 heavy (non-hydrogen) atoms. The maximum absolute atomic E-state index is 13.2. The monoisotopic (exact) mass is 485 g/mol. The van der Waals surface area contributed by atoms with Gasteiger partial charge >= 0.3 is 0 Å². The van der Waals surface area contributed by atoms with Crippen LogP contribution in [0.3, 0.4) is 0 Å². The second-order valence-corrected chi connectivity index (χ2v) is 9.17. The van der Waals surface area contributed by atoms with Gasteiger partial charge in [0.05, 0.1) is 25.3 Å². The van der Waals surface area contributed by atoms with Gasteiger partial charge in [0, 0.05) is 18.8 Å². The second kappa shape index (κ2) is 9.03. The number of aromatic amines is 2. The van der Waals surface area contributed by atoms with Crippen LogP contribution in [-0.4, -0.2) is 59.4 Å². The Morgan fingerprint density at radius 2 is 2.06 bits per heavy atom. The molecule has 4 aromatic rings. The molecule has 9 nitrogen and oxygen atoms in total. The summed E-state index contributed by atoms with van der Waals surface area (Å²) in [5.74, 6) is 0.468. The molecule has 1 aliphatic rings. The lowest BCUT2D eigenvalue weighted by Crippen LogP contribution is -2.36. The largest absolute Gasteiger partial charge is 0.390 e. The molecule has 11 heteroatoms. The van der Waals surface area contributed by atoms with Gasteiger partial charge in [-0.1, -0.05) is 6.92 Å². The van der Waals surface area contributed by atoms with Crippen molar-refractivity contribution < 1.29 is 15.3 Å². The topological polar surface area (TPSA) is 112 Å². The highest BCUT2D eigenvalue weighted by atomic mass is 19.3. The molecule has 0 unspecified atom stereocenters. The predicted molar refractivity (Wildman–Crippen MR) is 128 cm³/mol. The number of pyridine rings is 1. The molecule has 5 rings (SSSR count). The number of halogens is 2. The van der Waals surface area contributed by atoms with E-state index in [-0.39, 0.29) is 12.2 Å². The van der Waals surface area contributed by atoms with Gasteiger partial charge in [0.2, 0.25) is 5.62 Å². The first kappa shape index (κ1) is 22.1. The van der Waals surface area contributed by atoms with E-state index >= 15 is 0 Å². The molecular formula is C24H30F2N8O. The van der Waals surface area contributed by atoms with E-state index in [2.05, 4.69) is 25.0 Å². The summed E-state index contributed by atoms with van der Waals surface area (Å²) in [6.07, 6.45) is 1.36. The van der Waals surface area contributed by atoms with E-state index in [0.29, 0.717) is 57.7 Å². The summed E-state index contributed by atoms with van der Waals surface area (Å²) < 4.78 is 37.9. The molecule has 1 fully saturated rings. The van der Waals surface area contributed by atoms with Crippen LogP contribution < -0.4 is 11.1 Å². The molecule has 0 bridgehead atoms. The van der Waals surface area contributed by atoms with E-state index in [9.17, 15) is 13.9 Å². The van der Waals surface area contributed by atoms with Crippen molar-refractivity contribution in [3.8, 4) is 11.3 Å². The molecule has 0 amide bonds. The van der Waals surface area contributed by atoms with Crippen LogP contribution in [0.4, 0.5) is 8.78 Å². The Kier molecular flexibility index (Phi) is 5.71. The Morgan fingerprint density at radius 1 is 1.29 bits per heavy atom. The Bertz CT molecular complexity index is 1560. The number of aromatic nitrogens is 6. The quantitative estimate of drug-likeness (QED) is 0.404. The van der Waals surface area contributed by atoms with Gasteiger partial charge in [-0.15, -0.1) is 0 Å². The van der Waals surface area contributed by atoms with Crippen molar-refractivity contribution in [2.75, 3.05) is 7.05 Å². The summed E-state index contributed by atoms with van der Waals surface area (Å²) in [4.78, 5) is 21.4. The fourth-order valence-electron chi connectivity index (χ4n) is 4.85. The Morgan fingerprint density at radius 3 is 2.74 bits per heavy atom. The number of imidazole rings is 1. The van der Waals surface area contributed by atoms with Crippen LogP contribution in [0.25, 0.3) is 27.9 Å². The number of hydrogen-bond donors (Lipinski definition) is 3. The Balaban J connectivity index is 1.60. The van der Waals surface area contributed by atoms with Crippen molar-refractivity contribution in [3.05, 3.63) is 41.3 Å². The number of alkyl halides is 2. The standard InChI is InChI=1S/C24H30F2N8O/c1-4-24(35)10-7-15(8-11-24)29-23-31-21(27-3)20-16(9-12-34(20)32-23)17-5-6-18-22(30-17)33(13-19(25)26)14(2)28-18/h5-6,9,12,15,19,35H,4,7-8,10-11,13H2,1-3H3,(H2,27,29,31,32)/i12D. The van der Waals surface area contributed by atoms with Crippen molar-refractivity contribution in [1.29, 1.82) is 0 Å². The number of fused-ring (bicyclic) bond motifs is 2. The molecule has 0 radical (unpaired) electrons. The van der Waals surface area contributed by atoms with Gasteiger partial charge in [-0.05, 0) is 57.2 Å². The zero-order chi connectivity index (χ0) is 25.6. The van der Waals surface area contributed by atoms with Crippen LogP contribution in [0.15, 0.2) is 34.4 Å². The number of aryl methyl sites for hydroxylation is 1. The lowest BCUT2D eigenvalue weighted by atomic mass is 9.81. The first-order valence-electron chi connectivity index (χ1n) is 12.4. The van der Waals surface area contributed by atoms with Crippen molar-refractivity contribution in [2.45, 2.75) is 70.6 Å². The summed E-state index contributed by atoms with van der Waals surface area (Å²) in [5, 5.41) is 13.7. The van der Waals surface area contributed by atoms with Gasteiger partial charge in [0.15, 0.2) is 11.1 Å². The molecule has 0 spiro atoms. The second-order valence-electron chi connectivity index (χ2n) is 9.17. The average Bonchev–Trinajstić information content (AvgIpc) is 3.35. The van der Waals surface area contributed by atoms with Gasteiger partial charge in [0.25, 0.3) is 6.43 Å². The third-order valence-corrected chi connectivity index (χ3v) is 6.95. The maximum Gasteiger partial charge on any atom is 0.256 e. The minimum Gasteiger partial charge on any atom is -0.390 e. The van der Waals surface area contributed by atoms with Gasteiger partial charge in [0.1, 0.15) is 16.9 Å². The molecular weight excluding hydrogens is 454 g/mol. The third-order valence-electron chi connectivity index (χ3n) is 6.95. The van der Waals surface area contributed by atoms with E-state index in [1.54, 1.807) is 36.7 Å². The Hall–Kier alpha value is -3.34. The number of aliphatic hydroxyl groups is 1. The van der Waals surface area contributed by atoms with Gasteiger partial charge in [-0.3, -0.25) is 14.6 Å². The summed E-state index contributed by atoms with van der Waals surface area (Å²) in [7, 11) is 1.65. The minimum absolute atomic E-state index is 0.0538. The van der Waals surface area contributed by atoms with Crippen LogP contribution in [0.2, 0.25) is 0 Å².